The molecule has 1 aliphatic heterocycles. The van der Waals surface area contributed by atoms with Crippen LogP contribution in [0.25, 0.3) is 0 Å². The summed E-state index contributed by atoms with van der Waals surface area (Å²) in [5.41, 5.74) is 0.515. The molecule has 0 spiro atoms. The first kappa shape index (κ1) is 19.0. The van der Waals surface area contributed by atoms with Crippen molar-refractivity contribution in [1.29, 1.82) is 0 Å². The molecule has 1 saturated carbocycles. The first-order chi connectivity index (χ1) is 12.4. The SMILES string of the molecule is O=C(O)C1CCC(NC(=O)C2CCN(c3cc(Cl)ccc3Cl)C2=O)CC1. The van der Waals surface area contributed by atoms with Gasteiger partial charge in [0.2, 0.25) is 11.8 Å². The van der Waals surface area contributed by atoms with Crippen molar-refractivity contribution in [3.05, 3.63) is 28.2 Å². The Kier molecular flexibility index (Phi) is 5.73. The number of carbonyl (C=O) groups excluding carboxylic acids is 2. The molecule has 1 aromatic rings. The number of rotatable bonds is 4. The number of nitrogens with one attached hydrogen (secondary N) is 1. The van der Waals surface area contributed by atoms with E-state index in [2.05, 4.69) is 5.32 Å². The molecule has 2 aliphatic rings. The predicted octanol–water partition coefficient (Wildman–Crippen LogP) is 3.11. The van der Waals surface area contributed by atoms with Crippen molar-refractivity contribution in [1.82, 2.24) is 5.32 Å². The van der Waals surface area contributed by atoms with Crippen LogP contribution in [0.5, 0.6) is 0 Å². The number of anilines is 1. The molecule has 140 valence electrons. The zero-order chi connectivity index (χ0) is 18.8. The Hall–Kier alpha value is -1.79. The Bertz CT molecular complexity index is 732. The van der Waals surface area contributed by atoms with Gasteiger partial charge >= 0.3 is 5.97 Å². The van der Waals surface area contributed by atoms with E-state index in [0.717, 1.165) is 0 Å². The molecule has 26 heavy (non-hydrogen) atoms. The Morgan fingerprint density at radius 1 is 1.12 bits per heavy atom. The third-order valence-electron chi connectivity index (χ3n) is 5.14. The molecule has 0 aromatic heterocycles. The third kappa shape index (κ3) is 3.96. The second kappa shape index (κ2) is 7.84. The minimum absolute atomic E-state index is 0.0743. The van der Waals surface area contributed by atoms with Crippen molar-refractivity contribution in [2.24, 2.45) is 11.8 Å². The predicted molar refractivity (Wildman–Crippen MR) is 98.4 cm³/mol. The number of amides is 2. The standard InChI is InChI=1S/C18H20Cl2N2O4/c19-11-3-6-14(20)15(9-11)22-8-7-13(17(22)24)16(23)21-12-4-1-10(2-5-12)18(25)26/h3,6,9-10,12-13H,1-2,4-5,7-8H2,(H,21,23)(H,25,26). The molecule has 2 amide bonds. The van der Waals surface area contributed by atoms with Gasteiger partial charge in [-0.15, -0.1) is 0 Å². The fraction of sp³-hybridized carbons (Fsp3) is 0.500. The number of carboxylic acids is 1. The summed E-state index contributed by atoms with van der Waals surface area (Å²) >= 11 is 12.1. The summed E-state index contributed by atoms with van der Waals surface area (Å²) in [4.78, 5) is 37.7. The van der Waals surface area contributed by atoms with E-state index in [9.17, 15) is 14.4 Å². The van der Waals surface area contributed by atoms with Crippen LogP contribution in [0.15, 0.2) is 18.2 Å². The molecule has 6 nitrogen and oxygen atoms in total. The normalized spacial score (nSPS) is 26.0. The fourth-order valence-electron chi connectivity index (χ4n) is 3.64. The molecule has 0 bridgehead atoms. The number of hydrogen-bond donors (Lipinski definition) is 2. The van der Waals surface area contributed by atoms with Gasteiger partial charge in [-0.3, -0.25) is 14.4 Å². The Balaban J connectivity index is 1.60. The highest BCUT2D eigenvalue weighted by Gasteiger charge is 2.39. The number of benzene rings is 1. The maximum atomic E-state index is 12.7. The van der Waals surface area contributed by atoms with E-state index in [4.69, 9.17) is 28.3 Å². The number of carboxylic acid groups (broad SMARTS) is 1. The number of carbonyl (C=O) groups is 3. The summed E-state index contributed by atoms with van der Waals surface area (Å²) in [5, 5.41) is 12.8. The third-order valence-corrected chi connectivity index (χ3v) is 5.70. The second-order valence-corrected chi connectivity index (χ2v) is 7.67. The molecule has 1 unspecified atom stereocenters. The Morgan fingerprint density at radius 3 is 2.46 bits per heavy atom. The first-order valence-corrected chi connectivity index (χ1v) is 9.42. The largest absolute Gasteiger partial charge is 0.481 e. The number of hydrogen-bond acceptors (Lipinski definition) is 3. The maximum Gasteiger partial charge on any atom is 0.306 e. The molecule has 1 heterocycles. The monoisotopic (exact) mass is 398 g/mol. The quantitative estimate of drug-likeness (QED) is 0.762. The highest BCUT2D eigenvalue weighted by Crippen LogP contribution is 2.34. The summed E-state index contributed by atoms with van der Waals surface area (Å²) in [6.07, 6.45) is 2.74. The maximum absolute atomic E-state index is 12.7. The smallest absolute Gasteiger partial charge is 0.306 e. The number of nitrogens with zero attached hydrogens (tertiary/aromatic N) is 1. The zero-order valence-corrected chi connectivity index (χ0v) is 15.6. The number of halogens is 2. The van der Waals surface area contributed by atoms with E-state index in [1.807, 2.05) is 0 Å². The summed E-state index contributed by atoms with van der Waals surface area (Å²) in [5.74, 6) is -2.45. The first-order valence-electron chi connectivity index (χ1n) is 8.66. The van der Waals surface area contributed by atoms with E-state index in [1.165, 1.54) is 4.90 Å². The van der Waals surface area contributed by atoms with Crippen LogP contribution in [0.1, 0.15) is 32.1 Å². The van der Waals surface area contributed by atoms with Gasteiger partial charge in [-0.2, -0.15) is 0 Å². The average molecular weight is 399 g/mol. The minimum atomic E-state index is -0.783. The van der Waals surface area contributed by atoms with Gasteiger partial charge in [0.1, 0.15) is 5.92 Å². The van der Waals surface area contributed by atoms with Crippen LogP contribution in [-0.2, 0) is 14.4 Å². The lowest BCUT2D eigenvalue weighted by Crippen LogP contribution is -2.43. The molecule has 8 heteroatoms. The van der Waals surface area contributed by atoms with Crippen molar-refractivity contribution in [2.75, 3.05) is 11.4 Å². The molecule has 1 saturated heterocycles. The second-order valence-electron chi connectivity index (χ2n) is 6.82. The van der Waals surface area contributed by atoms with Crippen molar-refractivity contribution in [3.63, 3.8) is 0 Å². The molecule has 1 aliphatic carbocycles. The minimum Gasteiger partial charge on any atom is -0.481 e. The van der Waals surface area contributed by atoms with Crippen LogP contribution in [-0.4, -0.2) is 35.5 Å². The van der Waals surface area contributed by atoms with Crippen LogP contribution >= 0.6 is 23.2 Å². The molecule has 0 radical (unpaired) electrons. The van der Waals surface area contributed by atoms with Crippen LogP contribution in [0.2, 0.25) is 10.0 Å². The van der Waals surface area contributed by atoms with Crippen molar-refractivity contribution in [2.45, 2.75) is 38.1 Å². The molecule has 3 rings (SSSR count). The molecular formula is C18H20Cl2N2O4. The number of aliphatic carboxylic acids is 1. The van der Waals surface area contributed by atoms with Gasteiger partial charge in [-0.05, 0) is 50.3 Å². The summed E-state index contributed by atoms with van der Waals surface area (Å²) in [6, 6.07) is 4.82. The molecule has 1 atom stereocenters. The van der Waals surface area contributed by atoms with Gasteiger partial charge < -0.3 is 15.3 Å². The molecule has 2 N–H and O–H groups in total. The van der Waals surface area contributed by atoms with Gasteiger partial charge in [0.15, 0.2) is 0 Å². The van der Waals surface area contributed by atoms with Crippen LogP contribution < -0.4 is 10.2 Å². The average Bonchev–Trinajstić information content (AvgIpc) is 2.99. The highest BCUT2D eigenvalue weighted by molar-refractivity contribution is 6.36. The van der Waals surface area contributed by atoms with Crippen molar-refractivity contribution < 1.29 is 19.5 Å². The van der Waals surface area contributed by atoms with Gasteiger partial charge in [0.05, 0.1) is 16.6 Å². The van der Waals surface area contributed by atoms with Gasteiger partial charge in [0.25, 0.3) is 0 Å². The van der Waals surface area contributed by atoms with Crippen LogP contribution in [0.3, 0.4) is 0 Å². The van der Waals surface area contributed by atoms with E-state index in [0.29, 0.717) is 54.4 Å². The van der Waals surface area contributed by atoms with Crippen LogP contribution in [0.4, 0.5) is 5.69 Å². The molecule has 2 fully saturated rings. The Labute approximate surface area is 161 Å². The van der Waals surface area contributed by atoms with E-state index in [-0.39, 0.29) is 23.8 Å². The van der Waals surface area contributed by atoms with Gasteiger partial charge in [-0.25, -0.2) is 0 Å². The summed E-state index contributed by atoms with van der Waals surface area (Å²) in [7, 11) is 0. The van der Waals surface area contributed by atoms with Crippen molar-refractivity contribution >= 4 is 46.7 Å². The molecule has 1 aromatic carbocycles. The lowest BCUT2D eigenvalue weighted by molar-refractivity contribution is -0.142. The summed E-state index contributed by atoms with van der Waals surface area (Å²) in [6.45, 7) is 0.405. The van der Waals surface area contributed by atoms with E-state index < -0.39 is 11.9 Å². The van der Waals surface area contributed by atoms with Gasteiger partial charge in [0, 0.05) is 17.6 Å². The highest BCUT2D eigenvalue weighted by atomic mass is 35.5. The topological polar surface area (TPSA) is 86.7 Å². The van der Waals surface area contributed by atoms with E-state index >= 15 is 0 Å². The Morgan fingerprint density at radius 2 is 1.81 bits per heavy atom. The van der Waals surface area contributed by atoms with Crippen molar-refractivity contribution in [3.8, 4) is 0 Å². The molecular weight excluding hydrogens is 379 g/mol. The van der Waals surface area contributed by atoms with E-state index in [1.54, 1.807) is 18.2 Å². The van der Waals surface area contributed by atoms with Crippen LogP contribution in [0, 0.1) is 11.8 Å². The lowest BCUT2D eigenvalue weighted by Gasteiger charge is -2.27. The lowest BCUT2D eigenvalue weighted by atomic mass is 9.86. The zero-order valence-electron chi connectivity index (χ0n) is 14.1. The summed E-state index contributed by atoms with van der Waals surface area (Å²) < 4.78 is 0. The van der Waals surface area contributed by atoms with Gasteiger partial charge in [-0.1, -0.05) is 23.2 Å². The fourth-order valence-corrected chi connectivity index (χ4v) is 4.03.